The zero-order chi connectivity index (χ0) is 56.1. The van der Waals surface area contributed by atoms with Gasteiger partial charge in [-0.3, -0.25) is 0 Å². The first-order valence-corrected chi connectivity index (χ1v) is 29.5. The van der Waals surface area contributed by atoms with Crippen LogP contribution in [0.15, 0.2) is 303 Å². The van der Waals surface area contributed by atoms with Gasteiger partial charge in [0.05, 0.1) is 11.4 Å². The first-order valence-electron chi connectivity index (χ1n) is 29.5. The van der Waals surface area contributed by atoms with E-state index in [0.717, 1.165) is 124 Å². The van der Waals surface area contributed by atoms with Crippen LogP contribution >= 0.6 is 0 Å². The summed E-state index contributed by atoms with van der Waals surface area (Å²) in [6, 6.07) is 112. The molecule has 6 heteroatoms. The molecule has 85 heavy (non-hydrogen) atoms. The van der Waals surface area contributed by atoms with Gasteiger partial charge in [0, 0.05) is 62.6 Å². The number of anilines is 9. The van der Waals surface area contributed by atoms with Crippen molar-refractivity contribution in [3.05, 3.63) is 309 Å². The van der Waals surface area contributed by atoms with E-state index in [4.69, 9.17) is 4.74 Å². The molecule has 0 saturated carbocycles. The Morgan fingerprint density at radius 3 is 1.21 bits per heavy atom. The standard InChI is InChI=1S/C79H53B2N3O/c1-52-26-24-39-61(55-31-12-4-13-32-55)78(52)84-70-51-74-67(81-64-42-20-22-44-68(64)82(60-37-18-7-19-38-60)73-48-59(49-75(85-74)77(73)81)54-29-10-3-11-30-54)50-66(70)80-65-43-21-23-45-69(65)83(71-46-58(47-72(84)76(71)80)53-27-8-2-9-28-53)79-62(56-33-14-5-15-34-56)40-25-41-63(79)57-35-16-6-17-36-57/h2-51H,1H3. The fourth-order valence-corrected chi connectivity index (χ4v) is 14.4. The van der Waals surface area contributed by atoms with E-state index >= 15 is 0 Å². The Hall–Kier alpha value is -10.8. The minimum absolute atomic E-state index is 0.144. The lowest BCUT2D eigenvalue weighted by Gasteiger charge is -2.46. The summed E-state index contributed by atoms with van der Waals surface area (Å²) in [6.07, 6.45) is 0. The third kappa shape index (κ3) is 7.72. The number of nitrogens with zero attached hydrogens (tertiary/aromatic N) is 3. The molecule has 0 atom stereocenters. The molecule has 13 aromatic rings. The zero-order valence-corrected chi connectivity index (χ0v) is 46.8. The molecular formula is C79H53B2N3O. The zero-order valence-electron chi connectivity index (χ0n) is 46.8. The number of benzene rings is 13. The van der Waals surface area contributed by atoms with Crippen LogP contribution in [0.2, 0.25) is 0 Å². The minimum atomic E-state index is -0.187. The summed E-state index contributed by atoms with van der Waals surface area (Å²) in [5.41, 5.74) is 30.1. The highest BCUT2D eigenvalue weighted by Crippen LogP contribution is 2.53. The van der Waals surface area contributed by atoms with Gasteiger partial charge < -0.3 is 19.4 Å². The van der Waals surface area contributed by atoms with Crippen LogP contribution < -0.4 is 52.2 Å². The highest BCUT2D eigenvalue weighted by atomic mass is 16.5. The van der Waals surface area contributed by atoms with Crippen LogP contribution in [-0.2, 0) is 0 Å². The molecule has 4 heterocycles. The van der Waals surface area contributed by atoms with Crippen molar-refractivity contribution in [2.45, 2.75) is 6.92 Å². The molecule has 0 radical (unpaired) electrons. The normalized spacial score (nSPS) is 13.0. The average molecular weight is 1080 g/mol. The van der Waals surface area contributed by atoms with Crippen LogP contribution in [0.25, 0.3) is 55.6 Å². The van der Waals surface area contributed by atoms with Gasteiger partial charge in [-0.25, -0.2) is 0 Å². The van der Waals surface area contributed by atoms with E-state index in [9.17, 15) is 0 Å². The summed E-state index contributed by atoms with van der Waals surface area (Å²) in [7, 11) is 0. The van der Waals surface area contributed by atoms with Crippen LogP contribution in [-0.4, -0.2) is 13.4 Å². The van der Waals surface area contributed by atoms with Gasteiger partial charge in [-0.15, -0.1) is 0 Å². The smallest absolute Gasteiger partial charge is 0.256 e. The van der Waals surface area contributed by atoms with Crippen LogP contribution in [0, 0.1) is 6.92 Å². The predicted octanol–water partition coefficient (Wildman–Crippen LogP) is 16.8. The second kappa shape index (κ2) is 19.7. The molecule has 0 fully saturated rings. The minimum Gasteiger partial charge on any atom is -0.458 e. The van der Waals surface area contributed by atoms with Crippen molar-refractivity contribution in [2.75, 3.05) is 14.7 Å². The Bertz CT molecular complexity index is 4710. The largest absolute Gasteiger partial charge is 0.458 e. The maximum absolute atomic E-state index is 7.66. The van der Waals surface area contributed by atoms with E-state index in [-0.39, 0.29) is 13.4 Å². The first kappa shape index (κ1) is 48.9. The lowest BCUT2D eigenvalue weighted by Crippen LogP contribution is -2.64. The lowest BCUT2D eigenvalue weighted by atomic mass is 9.30. The third-order valence-corrected chi connectivity index (χ3v) is 18.0. The van der Waals surface area contributed by atoms with Crippen molar-refractivity contribution in [3.8, 4) is 67.1 Å². The van der Waals surface area contributed by atoms with E-state index in [2.05, 4.69) is 325 Å². The second-order valence-corrected chi connectivity index (χ2v) is 22.7. The number of para-hydroxylation sites is 5. The molecule has 4 nitrogen and oxygen atoms in total. The van der Waals surface area contributed by atoms with Gasteiger partial charge in [0.15, 0.2) is 0 Å². The molecule has 0 spiro atoms. The Labute approximate surface area is 496 Å². The molecule has 0 amide bonds. The van der Waals surface area contributed by atoms with E-state index in [1.807, 2.05) is 0 Å². The molecule has 4 aliphatic rings. The molecule has 0 bridgehead atoms. The summed E-state index contributed by atoms with van der Waals surface area (Å²) in [4.78, 5) is 7.68. The topological polar surface area (TPSA) is 19.0 Å². The van der Waals surface area contributed by atoms with Crippen LogP contribution in [0.1, 0.15) is 5.56 Å². The van der Waals surface area contributed by atoms with Crippen LogP contribution in [0.5, 0.6) is 11.5 Å². The first-order chi connectivity index (χ1) is 42.1. The molecule has 396 valence electrons. The predicted molar refractivity (Wildman–Crippen MR) is 358 cm³/mol. The Morgan fingerprint density at radius 1 is 0.259 bits per heavy atom. The van der Waals surface area contributed by atoms with E-state index in [1.165, 1.54) is 32.9 Å². The van der Waals surface area contributed by atoms with Crippen molar-refractivity contribution in [1.29, 1.82) is 0 Å². The fourth-order valence-electron chi connectivity index (χ4n) is 14.4. The van der Waals surface area contributed by atoms with Crippen molar-refractivity contribution >= 4 is 97.4 Å². The quantitative estimate of drug-likeness (QED) is 0.141. The van der Waals surface area contributed by atoms with Gasteiger partial charge in [-0.2, -0.15) is 0 Å². The van der Waals surface area contributed by atoms with Gasteiger partial charge in [-0.05, 0) is 133 Å². The number of ether oxygens (including phenoxy) is 1. The molecule has 13 aromatic carbocycles. The number of hydrogen-bond donors (Lipinski definition) is 0. The Morgan fingerprint density at radius 2 is 0.671 bits per heavy atom. The molecule has 17 rings (SSSR count). The highest BCUT2D eigenvalue weighted by molar-refractivity contribution is 7.02. The Kier molecular flexibility index (Phi) is 11.3. The summed E-state index contributed by atoms with van der Waals surface area (Å²) in [5, 5.41) is 0. The van der Waals surface area contributed by atoms with Gasteiger partial charge >= 0.3 is 0 Å². The van der Waals surface area contributed by atoms with Gasteiger partial charge in [0.25, 0.3) is 13.4 Å². The number of fused-ring (bicyclic) bond motifs is 8. The number of rotatable bonds is 8. The molecule has 0 N–H and O–H groups in total. The van der Waals surface area contributed by atoms with Crippen molar-refractivity contribution in [3.63, 3.8) is 0 Å². The lowest BCUT2D eigenvalue weighted by molar-refractivity contribution is 0.488. The summed E-state index contributed by atoms with van der Waals surface area (Å²) >= 11 is 0. The average Bonchev–Trinajstić information content (AvgIpc) is 1.17. The fraction of sp³-hybridized carbons (Fsp3) is 0.0127. The van der Waals surface area contributed by atoms with Crippen LogP contribution in [0.3, 0.4) is 0 Å². The summed E-state index contributed by atoms with van der Waals surface area (Å²) < 4.78 is 7.66. The highest BCUT2D eigenvalue weighted by Gasteiger charge is 2.48. The van der Waals surface area contributed by atoms with E-state index < -0.39 is 0 Å². The van der Waals surface area contributed by atoms with Gasteiger partial charge in [0.2, 0.25) is 0 Å². The summed E-state index contributed by atoms with van der Waals surface area (Å²) in [6.45, 7) is 1.95. The van der Waals surface area contributed by atoms with Crippen molar-refractivity contribution in [1.82, 2.24) is 0 Å². The number of hydrogen-bond acceptors (Lipinski definition) is 4. The van der Waals surface area contributed by atoms with Crippen molar-refractivity contribution < 1.29 is 4.74 Å². The second-order valence-electron chi connectivity index (χ2n) is 22.7. The summed E-state index contributed by atoms with van der Waals surface area (Å²) in [5.74, 6) is 1.72. The molecule has 0 unspecified atom stereocenters. The molecular weight excluding hydrogens is 1030 g/mol. The molecule has 4 aliphatic heterocycles. The van der Waals surface area contributed by atoms with Crippen molar-refractivity contribution in [2.24, 2.45) is 0 Å². The monoisotopic (exact) mass is 1080 g/mol. The molecule has 0 aromatic heterocycles. The SMILES string of the molecule is Cc1cccc(-c2ccccc2)c1N1c2cc3c(cc2B2c4ccccc4N(c4c(-c5ccccc5)cccc4-c4ccccc4)c4cc(-c5ccccc5)cc1c42)B1c2ccccc2N(c2ccccc2)c2cc(-c4ccccc4)cc(c21)O3. The van der Waals surface area contributed by atoms with E-state index in [1.54, 1.807) is 0 Å². The molecule has 0 saturated heterocycles. The number of aryl methyl sites for hydroxylation is 1. The Balaban J connectivity index is 0.997. The maximum Gasteiger partial charge on any atom is 0.256 e. The van der Waals surface area contributed by atoms with Gasteiger partial charge in [0.1, 0.15) is 11.5 Å². The van der Waals surface area contributed by atoms with Gasteiger partial charge in [-0.1, -0.05) is 249 Å². The molecule has 0 aliphatic carbocycles. The van der Waals surface area contributed by atoms with E-state index in [0.29, 0.717) is 0 Å². The third-order valence-electron chi connectivity index (χ3n) is 18.0. The maximum atomic E-state index is 7.66. The van der Waals surface area contributed by atoms with Crippen LogP contribution in [0.4, 0.5) is 51.2 Å².